The number of rotatable bonds is 5. The highest BCUT2D eigenvalue weighted by Gasteiger charge is 2.15. The van der Waals surface area contributed by atoms with E-state index in [1.54, 1.807) is 0 Å². The van der Waals surface area contributed by atoms with E-state index in [-0.39, 0.29) is 19.3 Å². The van der Waals surface area contributed by atoms with Gasteiger partial charge in [0.05, 0.1) is 12.6 Å². The molecule has 5 nitrogen and oxygen atoms in total. The minimum atomic E-state index is -0.100. The van der Waals surface area contributed by atoms with Crippen molar-refractivity contribution in [3.8, 4) is 0 Å². The molecule has 1 atom stereocenters. The Balaban J connectivity index is 2.28. The van der Waals surface area contributed by atoms with E-state index < -0.39 is 0 Å². The van der Waals surface area contributed by atoms with Crippen molar-refractivity contribution < 1.29 is 14.6 Å². The highest BCUT2D eigenvalue weighted by molar-refractivity contribution is 5.77. The van der Waals surface area contributed by atoms with Gasteiger partial charge in [0.1, 0.15) is 5.52 Å². The van der Waals surface area contributed by atoms with Crippen LogP contribution in [0.5, 0.6) is 0 Å². The molecule has 1 heterocycles. The maximum atomic E-state index is 9.32. The number of anilines is 1. The summed E-state index contributed by atoms with van der Waals surface area (Å²) in [5.41, 5.74) is 2.50. The lowest BCUT2D eigenvalue weighted by Crippen LogP contribution is -2.35. The van der Waals surface area contributed by atoms with Gasteiger partial charge >= 0.3 is 0 Å². The number of aliphatic hydroxyl groups is 2. The average Bonchev–Trinajstić information content (AvgIpc) is 2.74. The number of aryl methyl sites for hydroxylation is 1. The van der Waals surface area contributed by atoms with Crippen molar-refractivity contribution in [2.75, 3.05) is 25.2 Å². The van der Waals surface area contributed by atoms with E-state index in [9.17, 15) is 5.11 Å². The zero-order chi connectivity index (χ0) is 13.1. The van der Waals surface area contributed by atoms with Gasteiger partial charge < -0.3 is 19.5 Å². The molecule has 1 unspecified atom stereocenters. The van der Waals surface area contributed by atoms with Gasteiger partial charge in [-0.05, 0) is 18.6 Å². The maximum Gasteiger partial charge on any atom is 0.192 e. The average molecular weight is 250 g/mol. The van der Waals surface area contributed by atoms with Crippen LogP contribution in [0.4, 0.5) is 5.69 Å². The smallest absolute Gasteiger partial charge is 0.192 e. The monoisotopic (exact) mass is 250 g/mol. The summed E-state index contributed by atoms with van der Waals surface area (Å²) in [6.45, 7) is 1.87. The molecule has 0 spiro atoms. The molecule has 1 aromatic carbocycles. The second-order valence-electron chi connectivity index (χ2n) is 4.34. The molecule has 0 aliphatic carbocycles. The van der Waals surface area contributed by atoms with Gasteiger partial charge in [0.25, 0.3) is 0 Å². The number of likely N-dealkylation sites (N-methyl/N-ethyl adjacent to an activating group) is 1. The van der Waals surface area contributed by atoms with Crippen molar-refractivity contribution in [1.82, 2.24) is 4.98 Å². The van der Waals surface area contributed by atoms with Gasteiger partial charge in [-0.1, -0.05) is 0 Å². The van der Waals surface area contributed by atoms with Crippen molar-refractivity contribution in [1.29, 1.82) is 0 Å². The summed E-state index contributed by atoms with van der Waals surface area (Å²) < 4.78 is 5.48. The molecule has 1 aromatic heterocycles. The van der Waals surface area contributed by atoms with Crippen LogP contribution >= 0.6 is 0 Å². The SMILES string of the molecule is Cc1nc2ccc(N(C)C(CO)CCO)cc2o1. The fraction of sp³-hybridized carbons (Fsp3) is 0.462. The van der Waals surface area contributed by atoms with Crippen LogP contribution in [0, 0.1) is 6.92 Å². The van der Waals surface area contributed by atoms with E-state index in [2.05, 4.69) is 4.98 Å². The van der Waals surface area contributed by atoms with Gasteiger partial charge in [0, 0.05) is 32.3 Å². The molecule has 5 heteroatoms. The first-order valence-corrected chi connectivity index (χ1v) is 5.97. The third kappa shape index (κ3) is 2.47. The zero-order valence-electron chi connectivity index (χ0n) is 10.6. The number of fused-ring (bicyclic) bond motifs is 1. The van der Waals surface area contributed by atoms with Crippen molar-refractivity contribution in [2.45, 2.75) is 19.4 Å². The van der Waals surface area contributed by atoms with Crippen LogP contribution in [0.15, 0.2) is 22.6 Å². The minimum Gasteiger partial charge on any atom is -0.441 e. The van der Waals surface area contributed by atoms with E-state index in [4.69, 9.17) is 9.52 Å². The molecule has 0 saturated carbocycles. The highest BCUT2D eigenvalue weighted by atomic mass is 16.3. The van der Waals surface area contributed by atoms with E-state index in [0.717, 1.165) is 16.8 Å². The molecule has 2 aromatic rings. The van der Waals surface area contributed by atoms with E-state index in [1.807, 2.05) is 37.1 Å². The molecule has 0 saturated heterocycles. The second kappa shape index (κ2) is 5.37. The normalized spacial score (nSPS) is 12.9. The number of nitrogens with zero attached hydrogens (tertiary/aromatic N) is 2. The Hall–Kier alpha value is -1.59. The molecule has 0 fully saturated rings. The summed E-state index contributed by atoms with van der Waals surface area (Å²) in [5, 5.41) is 18.3. The molecule has 0 amide bonds. The van der Waals surface area contributed by atoms with Crippen LogP contribution in [-0.4, -0.2) is 41.5 Å². The Morgan fingerprint density at radius 3 is 2.83 bits per heavy atom. The lowest BCUT2D eigenvalue weighted by atomic mass is 10.1. The van der Waals surface area contributed by atoms with Gasteiger partial charge in [0.15, 0.2) is 11.5 Å². The van der Waals surface area contributed by atoms with E-state index in [1.165, 1.54) is 0 Å². The van der Waals surface area contributed by atoms with Crippen molar-refractivity contribution >= 4 is 16.8 Å². The van der Waals surface area contributed by atoms with Crippen LogP contribution in [0.2, 0.25) is 0 Å². The summed E-state index contributed by atoms with van der Waals surface area (Å²) in [5.74, 6) is 0.638. The Morgan fingerprint density at radius 1 is 1.39 bits per heavy atom. The molecule has 98 valence electrons. The number of hydrogen-bond acceptors (Lipinski definition) is 5. The zero-order valence-corrected chi connectivity index (χ0v) is 10.6. The number of oxazole rings is 1. The lowest BCUT2D eigenvalue weighted by molar-refractivity contribution is 0.218. The third-order valence-corrected chi connectivity index (χ3v) is 3.11. The predicted molar refractivity (Wildman–Crippen MR) is 69.7 cm³/mol. The molecule has 18 heavy (non-hydrogen) atoms. The molecule has 0 bridgehead atoms. The molecule has 2 N–H and O–H groups in total. The van der Waals surface area contributed by atoms with Gasteiger partial charge in [-0.2, -0.15) is 0 Å². The van der Waals surface area contributed by atoms with Gasteiger partial charge in [-0.3, -0.25) is 0 Å². The standard InChI is InChI=1S/C13H18N2O3/c1-9-14-12-4-3-10(7-13(12)18-9)15(2)11(8-17)5-6-16/h3-4,7,11,16-17H,5-6,8H2,1-2H3. The first-order valence-electron chi connectivity index (χ1n) is 5.97. The van der Waals surface area contributed by atoms with Crippen LogP contribution in [-0.2, 0) is 0 Å². The first kappa shape index (κ1) is 12.9. The van der Waals surface area contributed by atoms with Crippen molar-refractivity contribution in [3.63, 3.8) is 0 Å². The van der Waals surface area contributed by atoms with Crippen molar-refractivity contribution in [3.05, 3.63) is 24.1 Å². The Bertz CT molecular complexity index is 524. The van der Waals surface area contributed by atoms with Crippen molar-refractivity contribution in [2.24, 2.45) is 0 Å². The maximum absolute atomic E-state index is 9.32. The molecule has 2 rings (SSSR count). The topological polar surface area (TPSA) is 69.7 Å². The minimum absolute atomic E-state index is 0.00449. The number of aliphatic hydroxyl groups excluding tert-OH is 2. The van der Waals surface area contributed by atoms with Crippen LogP contribution in [0.25, 0.3) is 11.1 Å². The Morgan fingerprint density at radius 2 is 2.17 bits per heavy atom. The summed E-state index contributed by atoms with van der Waals surface area (Å²) in [4.78, 5) is 6.18. The van der Waals surface area contributed by atoms with Crippen LogP contribution in [0.3, 0.4) is 0 Å². The highest BCUT2D eigenvalue weighted by Crippen LogP contribution is 2.23. The lowest BCUT2D eigenvalue weighted by Gasteiger charge is -2.28. The van der Waals surface area contributed by atoms with Gasteiger partial charge in [-0.15, -0.1) is 0 Å². The largest absolute Gasteiger partial charge is 0.441 e. The fourth-order valence-electron chi connectivity index (χ4n) is 2.02. The van der Waals surface area contributed by atoms with Gasteiger partial charge in [-0.25, -0.2) is 4.98 Å². The Labute approximate surface area is 106 Å². The van der Waals surface area contributed by atoms with E-state index in [0.29, 0.717) is 12.3 Å². The molecule has 0 aliphatic rings. The molecule has 0 radical (unpaired) electrons. The summed E-state index contributed by atoms with van der Waals surface area (Å²) in [6, 6.07) is 5.63. The van der Waals surface area contributed by atoms with Crippen LogP contribution in [0.1, 0.15) is 12.3 Å². The van der Waals surface area contributed by atoms with Gasteiger partial charge in [0.2, 0.25) is 0 Å². The molecule has 0 aliphatic heterocycles. The van der Waals surface area contributed by atoms with E-state index >= 15 is 0 Å². The summed E-state index contributed by atoms with van der Waals surface area (Å²) in [7, 11) is 1.89. The molecular formula is C13H18N2O3. The summed E-state index contributed by atoms with van der Waals surface area (Å²) in [6.07, 6.45) is 0.528. The number of hydrogen-bond donors (Lipinski definition) is 2. The summed E-state index contributed by atoms with van der Waals surface area (Å²) >= 11 is 0. The van der Waals surface area contributed by atoms with Crippen LogP contribution < -0.4 is 4.90 Å². The second-order valence-corrected chi connectivity index (χ2v) is 4.34. The number of benzene rings is 1. The number of aromatic nitrogens is 1. The molecular weight excluding hydrogens is 232 g/mol. The first-order chi connectivity index (χ1) is 8.65. The third-order valence-electron chi connectivity index (χ3n) is 3.11. The predicted octanol–water partition coefficient (Wildman–Crippen LogP) is 1.32. The Kier molecular flexibility index (Phi) is 3.84. The quantitative estimate of drug-likeness (QED) is 0.837. The fourth-order valence-corrected chi connectivity index (χ4v) is 2.02.